The molecule has 0 amide bonds. The van der Waals surface area contributed by atoms with Crippen molar-refractivity contribution in [1.82, 2.24) is 9.97 Å². The van der Waals surface area contributed by atoms with E-state index in [4.69, 9.17) is 0 Å². The third-order valence-corrected chi connectivity index (χ3v) is 3.37. The monoisotopic (exact) mass is 319 g/mol. The van der Waals surface area contributed by atoms with Crippen molar-refractivity contribution in [2.45, 2.75) is 26.7 Å². The van der Waals surface area contributed by atoms with Crippen LogP contribution in [-0.4, -0.2) is 17.0 Å². The fourth-order valence-electron chi connectivity index (χ4n) is 1.86. The zero-order chi connectivity index (χ0) is 13.8. The first kappa shape index (κ1) is 14.0. The van der Waals surface area contributed by atoms with E-state index in [9.17, 15) is 0 Å². The van der Waals surface area contributed by atoms with Crippen molar-refractivity contribution in [2.75, 3.05) is 11.9 Å². The van der Waals surface area contributed by atoms with Crippen molar-refractivity contribution in [2.24, 2.45) is 0 Å². The number of halogens is 1. The second-order valence-corrected chi connectivity index (χ2v) is 5.42. The Hall–Kier alpha value is -1.42. The highest BCUT2D eigenvalue weighted by Gasteiger charge is 2.08. The molecular formula is C15H18BrN3. The number of rotatable bonds is 4. The Morgan fingerprint density at radius 2 is 1.84 bits per heavy atom. The van der Waals surface area contributed by atoms with Gasteiger partial charge < -0.3 is 4.90 Å². The quantitative estimate of drug-likeness (QED) is 0.788. The highest BCUT2D eigenvalue weighted by atomic mass is 79.9. The number of hydrogen-bond donors (Lipinski definition) is 0. The Bertz CT molecular complexity index is 552. The maximum absolute atomic E-state index is 4.61. The van der Waals surface area contributed by atoms with E-state index in [2.05, 4.69) is 68.9 Å². The molecule has 1 heterocycles. The van der Waals surface area contributed by atoms with Gasteiger partial charge in [-0.25, -0.2) is 9.97 Å². The summed E-state index contributed by atoms with van der Waals surface area (Å²) in [4.78, 5) is 11.1. The normalized spacial score (nSPS) is 10.5. The molecule has 3 nitrogen and oxygen atoms in total. The zero-order valence-electron chi connectivity index (χ0n) is 11.5. The molecule has 0 saturated heterocycles. The lowest BCUT2D eigenvalue weighted by Gasteiger charge is -2.19. The minimum atomic E-state index is 0.833. The van der Waals surface area contributed by atoms with Crippen molar-refractivity contribution in [3.8, 4) is 0 Å². The van der Waals surface area contributed by atoms with Gasteiger partial charge in [-0.1, -0.05) is 24.6 Å². The predicted octanol–water partition coefficient (Wildman–Crippen LogP) is 4.27. The molecule has 0 atom stereocenters. The van der Waals surface area contributed by atoms with Gasteiger partial charge in [-0.2, -0.15) is 0 Å². The van der Waals surface area contributed by atoms with Gasteiger partial charge in [0.15, 0.2) is 0 Å². The summed E-state index contributed by atoms with van der Waals surface area (Å²) >= 11 is 3.46. The molecule has 4 heteroatoms. The summed E-state index contributed by atoms with van der Waals surface area (Å²) < 4.78 is 0.833. The minimum absolute atomic E-state index is 0.833. The number of benzene rings is 1. The van der Waals surface area contributed by atoms with Crippen molar-refractivity contribution in [1.29, 1.82) is 0 Å². The smallest absolute Gasteiger partial charge is 0.137 e. The Balaban J connectivity index is 2.32. The summed E-state index contributed by atoms with van der Waals surface area (Å²) in [6.45, 7) is 4.22. The van der Waals surface area contributed by atoms with Gasteiger partial charge in [0.1, 0.15) is 16.2 Å². The first-order chi connectivity index (χ1) is 9.10. The van der Waals surface area contributed by atoms with E-state index in [1.54, 1.807) is 0 Å². The second kappa shape index (κ2) is 6.15. The average Bonchev–Trinajstić information content (AvgIpc) is 2.38. The average molecular weight is 320 g/mol. The van der Waals surface area contributed by atoms with Crippen molar-refractivity contribution in [3.63, 3.8) is 0 Å². The molecule has 1 aromatic carbocycles. The van der Waals surface area contributed by atoms with Gasteiger partial charge in [0, 0.05) is 25.2 Å². The van der Waals surface area contributed by atoms with Crippen LogP contribution in [0, 0.1) is 6.92 Å². The van der Waals surface area contributed by atoms with Gasteiger partial charge in [-0.3, -0.25) is 0 Å². The van der Waals surface area contributed by atoms with Crippen LogP contribution in [0.4, 0.5) is 11.5 Å². The summed E-state index contributed by atoms with van der Waals surface area (Å²) in [6, 6.07) is 10.4. The van der Waals surface area contributed by atoms with E-state index in [0.29, 0.717) is 0 Å². The van der Waals surface area contributed by atoms with Gasteiger partial charge in [0.05, 0.1) is 0 Å². The molecule has 0 N–H and O–H groups in total. The van der Waals surface area contributed by atoms with Gasteiger partial charge in [-0.15, -0.1) is 0 Å². The van der Waals surface area contributed by atoms with Gasteiger partial charge in [-0.05, 0) is 41.4 Å². The van der Waals surface area contributed by atoms with Crippen LogP contribution in [-0.2, 0) is 6.42 Å². The van der Waals surface area contributed by atoms with Crippen LogP contribution < -0.4 is 4.90 Å². The molecule has 0 spiro atoms. The lowest BCUT2D eigenvalue weighted by Crippen LogP contribution is -2.13. The summed E-state index contributed by atoms with van der Waals surface area (Å²) in [5.41, 5.74) is 2.38. The standard InChI is InChI=1S/C15H18BrN3/c1-4-5-14-17-13(16)10-15(18-14)19(3)12-8-6-11(2)7-9-12/h6-10H,4-5H2,1-3H3. The van der Waals surface area contributed by atoms with Crippen LogP contribution in [0.2, 0.25) is 0 Å². The minimum Gasteiger partial charge on any atom is -0.329 e. The molecule has 2 aromatic rings. The van der Waals surface area contributed by atoms with Gasteiger partial charge >= 0.3 is 0 Å². The van der Waals surface area contributed by atoms with Crippen LogP contribution in [0.1, 0.15) is 24.7 Å². The Labute approximate surface area is 122 Å². The van der Waals surface area contributed by atoms with Crippen LogP contribution in [0.25, 0.3) is 0 Å². The Morgan fingerprint density at radius 3 is 2.47 bits per heavy atom. The van der Waals surface area contributed by atoms with Crippen LogP contribution in [0.5, 0.6) is 0 Å². The largest absolute Gasteiger partial charge is 0.329 e. The first-order valence-electron chi connectivity index (χ1n) is 6.44. The van der Waals surface area contributed by atoms with Crippen molar-refractivity contribution in [3.05, 3.63) is 46.3 Å². The molecule has 0 saturated carbocycles. The van der Waals surface area contributed by atoms with Gasteiger partial charge in [0.2, 0.25) is 0 Å². The SMILES string of the molecule is CCCc1nc(Br)cc(N(C)c2ccc(C)cc2)n1. The van der Waals surface area contributed by atoms with Gasteiger partial charge in [0.25, 0.3) is 0 Å². The number of nitrogens with zero attached hydrogens (tertiary/aromatic N) is 3. The van der Waals surface area contributed by atoms with Crippen LogP contribution in [0.15, 0.2) is 34.9 Å². The molecule has 0 aliphatic carbocycles. The van der Waals surface area contributed by atoms with E-state index < -0.39 is 0 Å². The molecule has 1 aromatic heterocycles. The lowest BCUT2D eigenvalue weighted by molar-refractivity contribution is 0.825. The van der Waals surface area contributed by atoms with E-state index in [1.165, 1.54) is 5.56 Å². The number of aryl methyl sites for hydroxylation is 2. The summed E-state index contributed by atoms with van der Waals surface area (Å²) in [7, 11) is 2.02. The number of aromatic nitrogens is 2. The van der Waals surface area contributed by atoms with Crippen LogP contribution >= 0.6 is 15.9 Å². The molecule has 0 radical (unpaired) electrons. The van der Waals surface area contributed by atoms with Crippen molar-refractivity contribution < 1.29 is 0 Å². The molecule has 0 fully saturated rings. The number of anilines is 2. The summed E-state index contributed by atoms with van der Waals surface area (Å²) in [5, 5.41) is 0. The first-order valence-corrected chi connectivity index (χ1v) is 7.23. The third kappa shape index (κ3) is 3.53. The molecule has 2 rings (SSSR count). The topological polar surface area (TPSA) is 29.0 Å². The lowest BCUT2D eigenvalue weighted by atomic mass is 10.2. The fraction of sp³-hybridized carbons (Fsp3) is 0.333. The summed E-state index contributed by atoms with van der Waals surface area (Å²) in [5.74, 6) is 1.79. The zero-order valence-corrected chi connectivity index (χ0v) is 13.1. The number of hydrogen-bond acceptors (Lipinski definition) is 3. The molecule has 100 valence electrons. The third-order valence-electron chi connectivity index (χ3n) is 2.97. The highest BCUT2D eigenvalue weighted by molar-refractivity contribution is 9.10. The maximum Gasteiger partial charge on any atom is 0.137 e. The summed E-state index contributed by atoms with van der Waals surface area (Å²) in [6.07, 6.45) is 1.94. The van der Waals surface area contributed by atoms with E-state index in [-0.39, 0.29) is 0 Å². The second-order valence-electron chi connectivity index (χ2n) is 4.61. The maximum atomic E-state index is 4.61. The Kier molecular flexibility index (Phi) is 4.53. The molecule has 0 aliphatic heterocycles. The van der Waals surface area contributed by atoms with E-state index >= 15 is 0 Å². The van der Waals surface area contributed by atoms with Crippen molar-refractivity contribution >= 4 is 27.4 Å². The molecule has 0 bridgehead atoms. The molecule has 0 unspecified atom stereocenters. The predicted molar refractivity (Wildman–Crippen MR) is 83.0 cm³/mol. The Morgan fingerprint density at radius 1 is 1.16 bits per heavy atom. The van der Waals surface area contributed by atoms with E-state index in [0.717, 1.165) is 34.8 Å². The highest BCUT2D eigenvalue weighted by Crippen LogP contribution is 2.24. The van der Waals surface area contributed by atoms with E-state index in [1.807, 2.05) is 13.1 Å². The van der Waals surface area contributed by atoms with Crippen LogP contribution in [0.3, 0.4) is 0 Å². The molecule has 0 aliphatic rings. The molecule has 19 heavy (non-hydrogen) atoms. The fourth-order valence-corrected chi connectivity index (χ4v) is 2.27. The molecular weight excluding hydrogens is 302 g/mol.